The minimum absolute atomic E-state index is 0.670. The van der Waals surface area contributed by atoms with Crippen LogP contribution in [0, 0.1) is 0 Å². The molecule has 0 radical (unpaired) electrons. The number of rotatable bonds is 6. The van der Waals surface area contributed by atoms with Crippen molar-refractivity contribution in [3.05, 3.63) is 54.0 Å². The summed E-state index contributed by atoms with van der Waals surface area (Å²) in [6.45, 7) is 4.70. The van der Waals surface area contributed by atoms with Crippen molar-refractivity contribution in [3.63, 3.8) is 0 Å². The van der Waals surface area contributed by atoms with E-state index in [4.69, 9.17) is 4.74 Å². The molecule has 1 fully saturated rings. The number of hydrogen-bond acceptors (Lipinski definition) is 5. The first-order valence-electron chi connectivity index (χ1n) is 8.98. The third-order valence-corrected chi connectivity index (χ3v) is 4.25. The molecule has 0 saturated carbocycles. The van der Waals surface area contributed by atoms with Gasteiger partial charge in [0.25, 0.3) is 0 Å². The molecule has 0 spiro atoms. The number of ether oxygens (including phenoxy) is 1. The third-order valence-electron chi connectivity index (χ3n) is 4.25. The lowest BCUT2D eigenvalue weighted by atomic mass is 10.2. The Hall–Kier alpha value is -2.67. The van der Waals surface area contributed by atoms with E-state index in [1.165, 1.54) is 0 Å². The van der Waals surface area contributed by atoms with Gasteiger partial charge >= 0.3 is 0 Å². The van der Waals surface area contributed by atoms with Crippen LogP contribution in [0.1, 0.15) is 11.3 Å². The van der Waals surface area contributed by atoms with Crippen molar-refractivity contribution in [3.8, 4) is 0 Å². The molecule has 3 heterocycles. The standard InChI is InChI=1S/C19H26N6O/c1-20-19(23-10-7-17-6-2-3-8-21-17)24-15-16-5-4-9-22-18(16)25-11-13-26-14-12-25/h2-6,8-9H,7,10-15H2,1H3,(H2,20,23,24). The fourth-order valence-corrected chi connectivity index (χ4v) is 2.88. The molecular weight excluding hydrogens is 328 g/mol. The number of nitrogens with zero attached hydrogens (tertiary/aromatic N) is 4. The summed E-state index contributed by atoms with van der Waals surface area (Å²) in [4.78, 5) is 15.5. The van der Waals surface area contributed by atoms with E-state index < -0.39 is 0 Å². The summed E-state index contributed by atoms with van der Waals surface area (Å²) in [7, 11) is 1.78. The number of nitrogens with one attached hydrogen (secondary N) is 2. The van der Waals surface area contributed by atoms with Crippen LogP contribution >= 0.6 is 0 Å². The Morgan fingerprint density at radius 2 is 1.96 bits per heavy atom. The molecule has 2 aromatic rings. The third kappa shape index (κ3) is 5.16. The van der Waals surface area contributed by atoms with E-state index in [1.807, 2.05) is 36.7 Å². The lowest BCUT2D eigenvalue weighted by molar-refractivity contribution is 0.122. The second-order valence-corrected chi connectivity index (χ2v) is 6.01. The molecule has 26 heavy (non-hydrogen) atoms. The van der Waals surface area contributed by atoms with Gasteiger partial charge in [0, 0.05) is 63.3 Å². The molecule has 2 N–H and O–H groups in total. The van der Waals surface area contributed by atoms with Crippen molar-refractivity contribution in [1.29, 1.82) is 0 Å². The van der Waals surface area contributed by atoms with Crippen LogP contribution < -0.4 is 15.5 Å². The second-order valence-electron chi connectivity index (χ2n) is 6.01. The van der Waals surface area contributed by atoms with E-state index in [2.05, 4.69) is 36.6 Å². The van der Waals surface area contributed by atoms with Crippen LogP contribution in [0.4, 0.5) is 5.82 Å². The van der Waals surface area contributed by atoms with Gasteiger partial charge in [0.1, 0.15) is 5.82 Å². The highest BCUT2D eigenvalue weighted by atomic mass is 16.5. The van der Waals surface area contributed by atoms with Gasteiger partial charge in [-0.3, -0.25) is 9.98 Å². The smallest absolute Gasteiger partial charge is 0.191 e. The topological polar surface area (TPSA) is 74.7 Å². The van der Waals surface area contributed by atoms with E-state index >= 15 is 0 Å². The van der Waals surface area contributed by atoms with Crippen LogP contribution in [-0.4, -0.2) is 55.8 Å². The van der Waals surface area contributed by atoms with Gasteiger partial charge in [-0.15, -0.1) is 0 Å². The first kappa shape index (κ1) is 18.1. The Balaban J connectivity index is 1.52. The van der Waals surface area contributed by atoms with Gasteiger partial charge in [0.2, 0.25) is 0 Å². The van der Waals surface area contributed by atoms with Crippen molar-refractivity contribution in [1.82, 2.24) is 20.6 Å². The highest BCUT2D eigenvalue weighted by molar-refractivity contribution is 5.79. The minimum atomic E-state index is 0.670. The highest BCUT2D eigenvalue weighted by Gasteiger charge is 2.15. The largest absolute Gasteiger partial charge is 0.378 e. The summed E-state index contributed by atoms with van der Waals surface area (Å²) >= 11 is 0. The Labute approximate surface area is 154 Å². The fraction of sp³-hybridized carbons (Fsp3) is 0.421. The Kier molecular flexibility index (Phi) is 6.78. The molecule has 2 aromatic heterocycles. The number of pyridine rings is 2. The van der Waals surface area contributed by atoms with Gasteiger partial charge in [0.15, 0.2) is 5.96 Å². The number of hydrogen-bond donors (Lipinski definition) is 2. The average Bonchev–Trinajstić information content (AvgIpc) is 2.72. The van der Waals surface area contributed by atoms with Crippen LogP contribution in [0.2, 0.25) is 0 Å². The number of guanidine groups is 1. The minimum Gasteiger partial charge on any atom is -0.378 e. The van der Waals surface area contributed by atoms with Crippen LogP contribution in [0.25, 0.3) is 0 Å². The first-order chi connectivity index (χ1) is 12.9. The normalized spacial score (nSPS) is 15.0. The van der Waals surface area contributed by atoms with Crippen molar-refractivity contribution < 1.29 is 4.74 Å². The summed E-state index contributed by atoms with van der Waals surface area (Å²) in [5.41, 5.74) is 2.22. The average molecular weight is 354 g/mol. The molecule has 3 rings (SSSR count). The SMILES string of the molecule is CN=C(NCCc1ccccn1)NCc1cccnc1N1CCOCC1. The number of aliphatic imine (C=N–C) groups is 1. The lowest BCUT2D eigenvalue weighted by Gasteiger charge is -2.29. The van der Waals surface area contributed by atoms with E-state index in [9.17, 15) is 0 Å². The van der Waals surface area contributed by atoms with Gasteiger partial charge in [-0.05, 0) is 18.2 Å². The van der Waals surface area contributed by atoms with Crippen LogP contribution in [0.5, 0.6) is 0 Å². The maximum absolute atomic E-state index is 5.44. The lowest BCUT2D eigenvalue weighted by Crippen LogP contribution is -2.40. The monoisotopic (exact) mass is 354 g/mol. The van der Waals surface area contributed by atoms with Gasteiger partial charge in [-0.1, -0.05) is 12.1 Å². The summed E-state index contributed by atoms with van der Waals surface area (Å²) in [5, 5.41) is 6.70. The summed E-state index contributed by atoms with van der Waals surface area (Å²) in [6.07, 6.45) is 4.51. The molecule has 7 nitrogen and oxygen atoms in total. The molecule has 1 saturated heterocycles. The first-order valence-corrected chi connectivity index (χ1v) is 8.98. The molecule has 0 aromatic carbocycles. The van der Waals surface area contributed by atoms with Crippen LogP contribution in [0.15, 0.2) is 47.7 Å². The zero-order chi connectivity index (χ0) is 18.0. The van der Waals surface area contributed by atoms with Gasteiger partial charge in [-0.25, -0.2) is 4.98 Å². The van der Waals surface area contributed by atoms with E-state index in [0.717, 1.165) is 62.3 Å². The van der Waals surface area contributed by atoms with Crippen LogP contribution in [-0.2, 0) is 17.7 Å². The van der Waals surface area contributed by atoms with Gasteiger partial charge in [-0.2, -0.15) is 0 Å². The zero-order valence-corrected chi connectivity index (χ0v) is 15.2. The molecule has 0 atom stereocenters. The molecule has 1 aliphatic heterocycles. The second kappa shape index (κ2) is 9.72. The maximum atomic E-state index is 5.44. The van der Waals surface area contributed by atoms with Crippen molar-refractivity contribution in [2.24, 2.45) is 4.99 Å². The molecule has 0 amide bonds. The number of morpholine rings is 1. The van der Waals surface area contributed by atoms with Crippen molar-refractivity contribution in [2.45, 2.75) is 13.0 Å². The predicted octanol–water partition coefficient (Wildman–Crippen LogP) is 1.22. The van der Waals surface area contributed by atoms with Gasteiger partial charge < -0.3 is 20.3 Å². The number of aromatic nitrogens is 2. The Bertz CT molecular complexity index is 700. The Morgan fingerprint density at radius 3 is 2.73 bits per heavy atom. The van der Waals surface area contributed by atoms with E-state index in [0.29, 0.717) is 6.54 Å². The quantitative estimate of drug-likeness (QED) is 0.600. The molecule has 0 unspecified atom stereocenters. The zero-order valence-electron chi connectivity index (χ0n) is 15.2. The highest BCUT2D eigenvalue weighted by Crippen LogP contribution is 2.18. The maximum Gasteiger partial charge on any atom is 0.191 e. The van der Waals surface area contributed by atoms with E-state index in [1.54, 1.807) is 7.05 Å². The fourth-order valence-electron chi connectivity index (χ4n) is 2.88. The summed E-state index contributed by atoms with van der Waals surface area (Å²) < 4.78 is 5.44. The molecular formula is C19H26N6O. The molecule has 138 valence electrons. The van der Waals surface area contributed by atoms with Gasteiger partial charge in [0.05, 0.1) is 13.2 Å². The van der Waals surface area contributed by atoms with Crippen LogP contribution in [0.3, 0.4) is 0 Å². The Morgan fingerprint density at radius 1 is 1.12 bits per heavy atom. The molecule has 1 aliphatic rings. The van der Waals surface area contributed by atoms with Crippen molar-refractivity contribution >= 4 is 11.8 Å². The number of anilines is 1. The summed E-state index contributed by atoms with van der Waals surface area (Å²) in [5.74, 6) is 1.80. The predicted molar refractivity (Wildman–Crippen MR) is 103 cm³/mol. The van der Waals surface area contributed by atoms with E-state index in [-0.39, 0.29) is 0 Å². The summed E-state index contributed by atoms with van der Waals surface area (Å²) in [6, 6.07) is 10.0. The van der Waals surface area contributed by atoms with Crippen molar-refractivity contribution in [2.75, 3.05) is 44.8 Å². The molecule has 7 heteroatoms. The molecule has 0 bridgehead atoms. The molecule has 0 aliphatic carbocycles.